The molecule has 0 radical (unpaired) electrons. The topological polar surface area (TPSA) is 50.7 Å². The first kappa shape index (κ1) is 17.7. The molecule has 2 aromatic rings. The van der Waals surface area contributed by atoms with Crippen LogP contribution in [0.15, 0.2) is 59.7 Å². The standard InChI is InChI=1S/C20H24N2O2/c1-3-4-6-11-19(16-9-7-5-8-10-16)21-22-20(23)17-12-14-18(24-2)15-13-17/h5,7-10,12-15H,3-4,6,11H2,1-2H3,(H,22,23)/b21-19-. The third-order valence-corrected chi connectivity index (χ3v) is 3.77. The van der Waals surface area contributed by atoms with Crippen LogP contribution in [-0.4, -0.2) is 18.7 Å². The van der Waals surface area contributed by atoms with Crippen LogP contribution in [0.25, 0.3) is 0 Å². The fourth-order valence-electron chi connectivity index (χ4n) is 2.36. The fraction of sp³-hybridized carbons (Fsp3) is 0.300. The van der Waals surface area contributed by atoms with E-state index in [2.05, 4.69) is 17.5 Å². The number of unbranched alkanes of at least 4 members (excludes halogenated alkanes) is 2. The first-order valence-electron chi connectivity index (χ1n) is 8.31. The molecule has 0 heterocycles. The highest BCUT2D eigenvalue weighted by Crippen LogP contribution is 2.12. The minimum atomic E-state index is -0.221. The van der Waals surface area contributed by atoms with E-state index in [1.807, 2.05) is 30.3 Å². The minimum absolute atomic E-state index is 0.221. The van der Waals surface area contributed by atoms with Crippen LogP contribution in [0.1, 0.15) is 48.5 Å². The van der Waals surface area contributed by atoms with Crippen LogP contribution in [0.3, 0.4) is 0 Å². The lowest BCUT2D eigenvalue weighted by Crippen LogP contribution is -2.20. The zero-order chi connectivity index (χ0) is 17.2. The Kier molecular flexibility index (Phi) is 7.02. The lowest BCUT2D eigenvalue weighted by atomic mass is 10.0. The number of hydrazone groups is 1. The zero-order valence-electron chi connectivity index (χ0n) is 14.3. The summed E-state index contributed by atoms with van der Waals surface area (Å²) in [6.45, 7) is 2.17. The van der Waals surface area contributed by atoms with E-state index in [1.54, 1.807) is 31.4 Å². The van der Waals surface area contributed by atoms with Gasteiger partial charge in [0, 0.05) is 5.56 Å². The van der Waals surface area contributed by atoms with Gasteiger partial charge >= 0.3 is 0 Å². The third-order valence-electron chi connectivity index (χ3n) is 3.77. The summed E-state index contributed by atoms with van der Waals surface area (Å²) < 4.78 is 5.10. The van der Waals surface area contributed by atoms with E-state index in [4.69, 9.17) is 4.74 Å². The van der Waals surface area contributed by atoms with Gasteiger partial charge in [-0.15, -0.1) is 0 Å². The first-order valence-corrected chi connectivity index (χ1v) is 8.31. The van der Waals surface area contributed by atoms with Crippen LogP contribution in [0.2, 0.25) is 0 Å². The van der Waals surface area contributed by atoms with Crippen molar-refractivity contribution < 1.29 is 9.53 Å². The Morgan fingerprint density at radius 3 is 2.33 bits per heavy atom. The van der Waals surface area contributed by atoms with Gasteiger partial charge in [-0.3, -0.25) is 4.79 Å². The third kappa shape index (κ3) is 5.23. The second-order valence-corrected chi connectivity index (χ2v) is 5.55. The van der Waals surface area contributed by atoms with Crippen molar-refractivity contribution in [2.24, 2.45) is 5.10 Å². The number of nitrogens with one attached hydrogen (secondary N) is 1. The van der Waals surface area contributed by atoms with Crippen molar-refractivity contribution in [3.63, 3.8) is 0 Å². The SMILES string of the molecule is CCCCC/C(=N/NC(=O)c1ccc(OC)cc1)c1ccccc1. The molecule has 2 aromatic carbocycles. The summed E-state index contributed by atoms with van der Waals surface area (Å²) in [6.07, 6.45) is 4.21. The lowest BCUT2D eigenvalue weighted by molar-refractivity contribution is 0.0954. The molecule has 0 saturated heterocycles. The summed E-state index contributed by atoms with van der Waals surface area (Å²) in [6, 6.07) is 16.9. The maximum absolute atomic E-state index is 12.3. The highest BCUT2D eigenvalue weighted by molar-refractivity contribution is 6.02. The van der Waals surface area contributed by atoms with Gasteiger partial charge in [0.2, 0.25) is 0 Å². The number of hydrogen-bond acceptors (Lipinski definition) is 3. The van der Waals surface area contributed by atoms with Crippen LogP contribution < -0.4 is 10.2 Å². The minimum Gasteiger partial charge on any atom is -0.497 e. The van der Waals surface area contributed by atoms with Crippen LogP contribution in [0.5, 0.6) is 5.75 Å². The predicted octanol–water partition coefficient (Wildman–Crippen LogP) is 4.41. The molecule has 0 unspecified atom stereocenters. The zero-order valence-corrected chi connectivity index (χ0v) is 14.3. The molecule has 126 valence electrons. The monoisotopic (exact) mass is 324 g/mol. The van der Waals surface area contributed by atoms with E-state index in [0.29, 0.717) is 5.56 Å². The van der Waals surface area contributed by atoms with Gasteiger partial charge in [-0.2, -0.15) is 5.10 Å². The van der Waals surface area contributed by atoms with Crippen LogP contribution in [0, 0.1) is 0 Å². The first-order chi connectivity index (χ1) is 11.7. The Labute approximate surface area is 143 Å². The number of carbonyl (C=O) groups excluding carboxylic acids is 1. The van der Waals surface area contributed by atoms with Gasteiger partial charge in [-0.05, 0) is 42.7 Å². The van der Waals surface area contributed by atoms with E-state index in [1.165, 1.54) is 0 Å². The van der Waals surface area contributed by atoms with E-state index in [-0.39, 0.29) is 5.91 Å². The van der Waals surface area contributed by atoms with Gasteiger partial charge in [0.15, 0.2) is 0 Å². The fourth-order valence-corrected chi connectivity index (χ4v) is 2.36. The molecule has 0 spiro atoms. The summed E-state index contributed by atoms with van der Waals surface area (Å²) in [5.41, 5.74) is 5.18. The van der Waals surface area contributed by atoms with E-state index < -0.39 is 0 Å². The van der Waals surface area contributed by atoms with Crippen LogP contribution in [0.4, 0.5) is 0 Å². The summed E-state index contributed by atoms with van der Waals surface area (Å²) in [7, 11) is 1.60. The maximum Gasteiger partial charge on any atom is 0.271 e. The largest absolute Gasteiger partial charge is 0.497 e. The summed E-state index contributed by atoms with van der Waals surface area (Å²) in [4.78, 5) is 12.3. The number of methoxy groups -OCH3 is 1. The average molecular weight is 324 g/mol. The number of amides is 1. The van der Waals surface area contributed by atoms with Crippen LogP contribution >= 0.6 is 0 Å². The van der Waals surface area contributed by atoms with Gasteiger partial charge in [-0.1, -0.05) is 50.1 Å². The molecule has 0 bridgehead atoms. The number of hydrogen-bond donors (Lipinski definition) is 1. The Morgan fingerprint density at radius 1 is 1.00 bits per heavy atom. The molecule has 2 rings (SSSR count). The molecular weight excluding hydrogens is 300 g/mol. The molecule has 0 aromatic heterocycles. The van der Waals surface area contributed by atoms with Crippen molar-refractivity contribution >= 4 is 11.6 Å². The molecule has 1 N–H and O–H groups in total. The highest BCUT2D eigenvalue weighted by Gasteiger charge is 2.07. The van der Waals surface area contributed by atoms with Gasteiger partial charge in [0.25, 0.3) is 5.91 Å². The number of benzene rings is 2. The van der Waals surface area contributed by atoms with Crippen molar-refractivity contribution in [1.29, 1.82) is 0 Å². The molecule has 4 heteroatoms. The van der Waals surface area contributed by atoms with Crippen molar-refractivity contribution in [2.45, 2.75) is 32.6 Å². The summed E-state index contributed by atoms with van der Waals surface area (Å²) in [5, 5.41) is 4.37. The lowest BCUT2D eigenvalue weighted by Gasteiger charge is -2.08. The number of rotatable bonds is 8. The normalized spacial score (nSPS) is 11.2. The molecule has 0 aliphatic carbocycles. The van der Waals surface area contributed by atoms with E-state index in [0.717, 1.165) is 42.7 Å². The van der Waals surface area contributed by atoms with E-state index in [9.17, 15) is 4.79 Å². The summed E-state index contributed by atoms with van der Waals surface area (Å²) >= 11 is 0. The van der Waals surface area contributed by atoms with Crippen molar-refractivity contribution in [3.05, 3.63) is 65.7 Å². The van der Waals surface area contributed by atoms with Gasteiger partial charge in [0.05, 0.1) is 12.8 Å². The second-order valence-electron chi connectivity index (χ2n) is 5.55. The van der Waals surface area contributed by atoms with Crippen molar-refractivity contribution in [3.8, 4) is 5.75 Å². The summed E-state index contributed by atoms with van der Waals surface area (Å²) in [5.74, 6) is 0.501. The molecule has 4 nitrogen and oxygen atoms in total. The van der Waals surface area contributed by atoms with Gasteiger partial charge in [0.1, 0.15) is 5.75 Å². The molecule has 24 heavy (non-hydrogen) atoms. The predicted molar refractivity (Wildman–Crippen MR) is 97.6 cm³/mol. The maximum atomic E-state index is 12.3. The number of carbonyl (C=O) groups is 1. The number of ether oxygens (including phenoxy) is 1. The van der Waals surface area contributed by atoms with Crippen molar-refractivity contribution in [2.75, 3.05) is 7.11 Å². The average Bonchev–Trinajstić information content (AvgIpc) is 2.65. The number of nitrogens with zero attached hydrogens (tertiary/aromatic N) is 1. The Bertz CT molecular complexity index is 664. The molecule has 1 amide bonds. The molecule has 0 atom stereocenters. The highest BCUT2D eigenvalue weighted by atomic mass is 16.5. The molecule has 0 aliphatic rings. The quantitative estimate of drug-likeness (QED) is 0.444. The molecular formula is C20H24N2O2. The van der Waals surface area contributed by atoms with Crippen molar-refractivity contribution in [1.82, 2.24) is 5.43 Å². The van der Waals surface area contributed by atoms with Gasteiger partial charge < -0.3 is 4.74 Å². The Hall–Kier alpha value is -2.62. The second kappa shape index (κ2) is 9.50. The smallest absolute Gasteiger partial charge is 0.271 e. The molecule has 0 aliphatic heterocycles. The van der Waals surface area contributed by atoms with Crippen LogP contribution in [-0.2, 0) is 0 Å². The Morgan fingerprint density at radius 2 is 1.71 bits per heavy atom. The Balaban J connectivity index is 2.08. The molecule has 0 saturated carbocycles. The van der Waals surface area contributed by atoms with E-state index >= 15 is 0 Å². The molecule has 0 fully saturated rings. The van der Waals surface area contributed by atoms with Gasteiger partial charge in [-0.25, -0.2) is 5.43 Å².